The molecule has 7 heteroatoms. The van der Waals surface area contributed by atoms with E-state index < -0.39 is 12.0 Å². The Morgan fingerprint density at radius 2 is 1.11 bits per heavy atom. The smallest absolute Gasteiger partial charge is 0.337 e. The van der Waals surface area contributed by atoms with Gasteiger partial charge in [0.1, 0.15) is 0 Å². The van der Waals surface area contributed by atoms with E-state index in [0.717, 1.165) is 12.8 Å². The molecule has 0 atom stereocenters. The van der Waals surface area contributed by atoms with Gasteiger partial charge in [0.2, 0.25) is 0 Å². The summed E-state index contributed by atoms with van der Waals surface area (Å²) in [5.41, 5.74) is 4.54. The van der Waals surface area contributed by atoms with Crippen molar-refractivity contribution in [2.75, 3.05) is 7.05 Å². The summed E-state index contributed by atoms with van der Waals surface area (Å²) < 4.78 is 0. The van der Waals surface area contributed by atoms with Crippen molar-refractivity contribution < 1.29 is 14.7 Å². The molecule has 0 aromatic carbocycles. The lowest BCUT2D eigenvalue weighted by molar-refractivity contribution is -0.137. The van der Waals surface area contributed by atoms with Crippen molar-refractivity contribution >= 4 is 12.0 Å². The van der Waals surface area contributed by atoms with Crippen LogP contribution < -0.4 is 5.73 Å². The predicted octanol–water partition coefficient (Wildman–Crippen LogP) is 6.01. The number of rotatable bonds is 17. The number of carboxylic acids is 1. The molecule has 0 aromatic heterocycles. The minimum Gasteiger partial charge on any atom is -0.481 e. The van der Waals surface area contributed by atoms with Crippen molar-refractivity contribution in [1.82, 2.24) is 5.01 Å². The summed E-state index contributed by atoms with van der Waals surface area (Å²) in [6.45, 7) is 2.27. The Bertz CT molecular complexity index is 365. The van der Waals surface area contributed by atoms with Gasteiger partial charge in [0, 0.05) is 13.5 Å². The number of unbranched alkanes of at least 4 members (excludes halogenated alkanes) is 14. The van der Waals surface area contributed by atoms with E-state index in [0.29, 0.717) is 11.4 Å². The van der Waals surface area contributed by atoms with Gasteiger partial charge in [-0.1, -0.05) is 96.8 Å². The van der Waals surface area contributed by atoms with Gasteiger partial charge in [-0.15, -0.1) is 4.91 Å². The lowest BCUT2D eigenvalue weighted by Crippen LogP contribution is -2.26. The van der Waals surface area contributed by atoms with Gasteiger partial charge in [0.25, 0.3) is 0 Å². The number of primary amides is 1. The quantitative estimate of drug-likeness (QED) is 0.181. The number of carboxylic acid groups (broad SMARTS) is 1. The molecular weight excluding hydrogens is 346 g/mol. The van der Waals surface area contributed by atoms with Gasteiger partial charge >= 0.3 is 12.0 Å². The highest BCUT2D eigenvalue weighted by Gasteiger charge is 1.98. The Labute approximate surface area is 165 Å². The molecule has 0 aliphatic rings. The fraction of sp³-hybridized carbons (Fsp3) is 0.900. The number of hydrogen-bond acceptors (Lipinski definition) is 4. The topological polar surface area (TPSA) is 113 Å². The normalized spacial score (nSPS) is 10.0. The Balaban J connectivity index is 0. The molecular formula is C20H41N3O4. The largest absolute Gasteiger partial charge is 0.481 e. The van der Waals surface area contributed by atoms with Gasteiger partial charge in [0.05, 0.1) is 5.29 Å². The molecule has 3 N–H and O–H groups in total. The van der Waals surface area contributed by atoms with E-state index in [9.17, 15) is 14.5 Å². The maximum absolute atomic E-state index is 10.3. The maximum Gasteiger partial charge on any atom is 0.337 e. The number of urea groups is 1. The average molecular weight is 388 g/mol. The van der Waals surface area contributed by atoms with Crippen molar-refractivity contribution in [3.05, 3.63) is 4.91 Å². The minimum atomic E-state index is -0.852. The summed E-state index contributed by atoms with van der Waals surface area (Å²) in [4.78, 5) is 29.4. The van der Waals surface area contributed by atoms with Crippen LogP contribution in [0.2, 0.25) is 0 Å². The molecule has 0 radical (unpaired) electrons. The number of nitrogens with two attached hydrogens (primary N) is 1. The summed E-state index contributed by atoms with van der Waals surface area (Å²) >= 11 is 0. The van der Waals surface area contributed by atoms with E-state index in [4.69, 9.17) is 5.11 Å². The van der Waals surface area contributed by atoms with E-state index in [1.807, 2.05) is 0 Å². The summed E-state index contributed by atoms with van der Waals surface area (Å²) in [6, 6.07) is -0.852. The number of nitrogens with zero attached hydrogens (tertiary/aromatic N) is 2. The van der Waals surface area contributed by atoms with Crippen LogP contribution in [0.3, 0.4) is 0 Å². The molecule has 7 nitrogen and oxygen atoms in total. The molecule has 160 valence electrons. The number of carbonyl (C=O) groups excluding carboxylic acids is 1. The average Bonchev–Trinajstić information content (AvgIpc) is 2.64. The van der Waals surface area contributed by atoms with Crippen molar-refractivity contribution in [3.63, 3.8) is 0 Å². The third-order valence-electron chi connectivity index (χ3n) is 4.44. The Morgan fingerprint density at radius 3 is 1.33 bits per heavy atom. The Kier molecular flexibility index (Phi) is 22.8. The van der Waals surface area contributed by atoms with Crippen molar-refractivity contribution in [2.24, 2.45) is 11.0 Å². The third kappa shape index (κ3) is 26.7. The van der Waals surface area contributed by atoms with Gasteiger partial charge in [-0.3, -0.25) is 4.79 Å². The second-order valence-corrected chi connectivity index (χ2v) is 7.04. The summed E-state index contributed by atoms with van der Waals surface area (Å²) in [7, 11) is 1.18. The molecule has 0 rings (SSSR count). The van der Waals surface area contributed by atoms with Gasteiger partial charge < -0.3 is 10.8 Å². The van der Waals surface area contributed by atoms with Crippen LogP contribution in [0.1, 0.15) is 110 Å². The van der Waals surface area contributed by atoms with E-state index >= 15 is 0 Å². The van der Waals surface area contributed by atoms with E-state index in [1.165, 1.54) is 90.5 Å². The minimum absolute atomic E-state index is 0.345. The Hall–Kier alpha value is -1.66. The molecule has 0 fully saturated rings. The Morgan fingerprint density at radius 1 is 0.778 bits per heavy atom. The molecule has 0 aliphatic carbocycles. The number of nitroso groups, excluding NO2 is 1. The standard InChI is InChI=1S/C18H36O2.C2H5N3O2/c1-2-3-4-5-6-7-8-9-10-11-12-13-14-15-16-17-18(19)20;1-5(4-7)2(3)6/h2-17H2,1H3,(H,19,20);1H3,(H2,3,6). The molecule has 0 aliphatic heterocycles. The molecule has 0 saturated carbocycles. The van der Waals surface area contributed by atoms with Crippen LogP contribution in [0.5, 0.6) is 0 Å². The van der Waals surface area contributed by atoms with Gasteiger partial charge in [-0.2, -0.15) is 5.01 Å². The fourth-order valence-corrected chi connectivity index (χ4v) is 2.69. The highest BCUT2D eigenvalue weighted by Crippen LogP contribution is 2.13. The maximum atomic E-state index is 10.3. The highest BCUT2D eigenvalue weighted by atomic mass is 16.4. The molecule has 0 spiro atoms. The highest BCUT2D eigenvalue weighted by molar-refractivity contribution is 5.71. The zero-order valence-electron chi connectivity index (χ0n) is 17.5. The van der Waals surface area contributed by atoms with Crippen molar-refractivity contribution in [3.8, 4) is 0 Å². The molecule has 0 unspecified atom stereocenters. The molecule has 0 saturated heterocycles. The summed E-state index contributed by atoms with van der Waals surface area (Å²) in [5.74, 6) is -0.653. The lowest BCUT2D eigenvalue weighted by atomic mass is 10.0. The van der Waals surface area contributed by atoms with Crippen LogP contribution >= 0.6 is 0 Å². The van der Waals surface area contributed by atoms with Crippen molar-refractivity contribution in [2.45, 2.75) is 110 Å². The van der Waals surface area contributed by atoms with Crippen LogP contribution in [-0.2, 0) is 4.79 Å². The SMILES string of the molecule is CCCCCCCCCCCCCCCCCC(=O)O.CN(N=O)C(N)=O. The van der Waals surface area contributed by atoms with Gasteiger partial charge in [-0.25, -0.2) is 4.79 Å². The van der Waals surface area contributed by atoms with Crippen LogP contribution in [0.4, 0.5) is 4.79 Å². The molecule has 0 heterocycles. The van der Waals surface area contributed by atoms with E-state index in [2.05, 4.69) is 17.9 Å². The third-order valence-corrected chi connectivity index (χ3v) is 4.44. The van der Waals surface area contributed by atoms with E-state index in [-0.39, 0.29) is 0 Å². The number of carbonyl (C=O) groups is 2. The molecule has 27 heavy (non-hydrogen) atoms. The van der Waals surface area contributed by atoms with Crippen LogP contribution in [0.15, 0.2) is 5.29 Å². The first-order chi connectivity index (χ1) is 13.0. The molecule has 0 bridgehead atoms. The molecule has 0 aromatic rings. The molecule has 2 amide bonds. The monoisotopic (exact) mass is 387 g/mol. The van der Waals surface area contributed by atoms with E-state index in [1.54, 1.807) is 0 Å². The first-order valence-corrected chi connectivity index (χ1v) is 10.5. The lowest BCUT2D eigenvalue weighted by Gasteiger charge is -2.03. The first-order valence-electron chi connectivity index (χ1n) is 10.5. The van der Waals surface area contributed by atoms with Crippen LogP contribution in [0.25, 0.3) is 0 Å². The second-order valence-electron chi connectivity index (χ2n) is 7.04. The first kappa shape index (κ1) is 27.6. The van der Waals surface area contributed by atoms with Crippen molar-refractivity contribution in [1.29, 1.82) is 0 Å². The second kappa shape index (κ2) is 22.4. The van der Waals surface area contributed by atoms with Gasteiger partial charge in [-0.05, 0) is 6.42 Å². The number of aliphatic carboxylic acids is 1. The summed E-state index contributed by atoms with van der Waals surface area (Å²) in [5, 5.41) is 11.2. The van der Waals surface area contributed by atoms with Gasteiger partial charge in [0.15, 0.2) is 0 Å². The zero-order valence-corrected chi connectivity index (χ0v) is 17.5. The zero-order chi connectivity index (χ0) is 20.8. The number of hydrogen-bond donors (Lipinski definition) is 2. The predicted molar refractivity (Wildman–Crippen MR) is 110 cm³/mol. The van der Waals surface area contributed by atoms with Crippen LogP contribution in [0, 0.1) is 4.91 Å². The van der Waals surface area contributed by atoms with Crippen LogP contribution in [-0.4, -0.2) is 29.2 Å². The fourth-order valence-electron chi connectivity index (χ4n) is 2.69. The summed E-state index contributed by atoms with van der Waals surface area (Å²) in [6.07, 6.45) is 20.2. The number of amides is 2.